The van der Waals surface area contributed by atoms with Gasteiger partial charge in [0.2, 0.25) is 5.91 Å². The highest BCUT2D eigenvalue weighted by atomic mass is 35.5. The van der Waals surface area contributed by atoms with Gasteiger partial charge in [-0.3, -0.25) is 9.78 Å². The van der Waals surface area contributed by atoms with Crippen molar-refractivity contribution in [1.29, 1.82) is 0 Å². The number of halogens is 2. The average Bonchev–Trinajstić information content (AvgIpc) is 2.81. The summed E-state index contributed by atoms with van der Waals surface area (Å²) in [5, 5.41) is 3.31. The highest BCUT2D eigenvalue weighted by Gasteiger charge is 2.29. The maximum atomic E-state index is 12.4. The van der Waals surface area contributed by atoms with E-state index in [2.05, 4.69) is 16.4 Å². The Morgan fingerprint density at radius 3 is 2.80 bits per heavy atom. The van der Waals surface area contributed by atoms with E-state index in [9.17, 15) is 4.79 Å². The molecule has 0 aromatic carbocycles. The molecular weight excluding hydrogens is 297 g/mol. The summed E-state index contributed by atoms with van der Waals surface area (Å²) in [5.41, 5.74) is 3.50. The molecule has 1 amide bonds. The molecule has 1 atom stereocenters. The number of hydrogen-bond acceptors (Lipinski definition) is 3. The molecule has 20 heavy (non-hydrogen) atoms. The first-order valence-electron chi connectivity index (χ1n) is 6.68. The van der Waals surface area contributed by atoms with Crippen molar-refractivity contribution in [3.63, 3.8) is 0 Å². The van der Waals surface area contributed by atoms with Crippen LogP contribution in [0.1, 0.15) is 29.7 Å². The Morgan fingerprint density at radius 2 is 2.10 bits per heavy atom. The minimum absolute atomic E-state index is 0. The molecular formula is C14H21Cl2N3O. The third-order valence-electron chi connectivity index (χ3n) is 3.90. The zero-order valence-corrected chi connectivity index (χ0v) is 13.2. The zero-order chi connectivity index (χ0) is 12.5. The lowest BCUT2D eigenvalue weighted by atomic mass is 9.98. The van der Waals surface area contributed by atoms with E-state index in [0.29, 0.717) is 5.91 Å². The summed E-state index contributed by atoms with van der Waals surface area (Å²) in [6, 6.07) is 2.10. The molecule has 0 saturated carbocycles. The number of aromatic nitrogens is 1. The maximum absolute atomic E-state index is 12.4. The van der Waals surface area contributed by atoms with Crippen molar-refractivity contribution in [3.8, 4) is 0 Å². The predicted octanol–water partition coefficient (Wildman–Crippen LogP) is 2.08. The minimum Gasteiger partial charge on any atom is -0.334 e. The number of nitrogens with one attached hydrogen (secondary N) is 1. The molecule has 1 saturated heterocycles. The fourth-order valence-electron chi connectivity index (χ4n) is 2.88. The molecule has 3 rings (SSSR count). The SMILES string of the molecule is Cc1cc2c(cn1)CN(C(=O)[C@H]1CCCNC1)C2.Cl.Cl. The smallest absolute Gasteiger partial charge is 0.227 e. The number of carbonyl (C=O) groups excluding carboxylic acids is 1. The highest BCUT2D eigenvalue weighted by molar-refractivity contribution is 5.85. The minimum atomic E-state index is 0. The number of rotatable bonds is 1. The topological polar surface area (TPSA) is 45.2 Å². The van der Waals surface area contributed by atoms with E-state index in [-0.39, 0.29) is 30.7 Å². The second kappa shape index (κ2) is 7.25. The van der Waals surface area contributed by atoms with Crippen LogP contribution in [0.25, 0.3) is 0 Å². The van der Waals surface area contributed by atoms with Crippen LogP contribution in [0, 0.1) is 12.8 Å². The third kappa shape index (κ3) is 3.43. The summed E-state index contributed by atoms with van der Waals surface area (Å²) >= 11 is 0. The van der Waals surface area contributed by atoms with Gasteiger partial charge >= 0.3 is 0 Å². The number of hydrogen-bond donors (Lipinski definition) is 1. The molecule has 1 aromatic rings. The van der Waals surface area contributed by atoms with Crippen molar-refractivity contribution in [3.05, 3.63) is 29.1 Å². The predicted molar refractivity (Wildman–Crippen MR) is 83.3 cm³/mol. The van der Waals surface area contributed by atoms with E-state index in [1.165, 1.54) is 11.1 Å². The fraction of sp³-hybridized carbons (Fsp3) is 0.571. The van der Waals surface area contributed by atoms with Gasteiger partial charge < -0.3 is 10.2 Å². The number of amides is 1. The van der Waals surface area contributed by atoms with Crippen molar-refractivity contribution in [2.45, 2.75) is 32.9 Å². The van der Waals surface area contributed by atoms with Crippen LogP contribution in [0.15, 0.2) is 12.3 Å². The molecule has 1 N–H and O–H groups in total. The van der Waals surface area contributed by atoms with Crippen LogP contribution in [0.3, 0.4) is 0 Å². The van der Waals surface area contributed by atoms with Crippen molar-refractivity contribution >= 4 is 30.7 Å². The summed E-state index contributed by atoms with van der Waals surface area (Å²) in [6.07, 6.45) is 4.05. The zero-order valence-electron chi connectivity index (χ0n) is 11.6. The van der Waals surface area contributed by atoms with Crippen LogP contribution in [0.5, 0.6) is 0 Å². The van der Waals surface area contributed by atoms with Gasteiger partial charge in [0.15, 0.2) is 0 Å². The Hall–Kier alpha value is -0.840. The molecule has 0 spiro atoms. The first-order chi connectivity index (χ1) is 8.74. The second-order valence-electron chi connectivity index (χ2n) is 5.33. The fourth-order valence-corrected chi connectivity index (χ4v) is 2.88. The lowest BCUT2D eigenvalue weighted by Gasteiger charge is -2.26. The first-order valence-corrected chi connectivity index (χ1v) is 6.68. The highest BCUT2D eigenvalue weighted by Crippen LogP contribution is 2.25. The molecule has 0 aliphatic carbocycles. The summed E-state index contributed by atoms with van der Waals surface area (Å²) in [4.78, 5) is 18.7. The molecule has 112 valence electrons. The quantitative estimate of drug-likeness (QED) is 0.862. The standard InChI is InChI=1S/C14H19N3O.2ClH/c1-10-5-12-8-17(9-13(12)7-16-10)14(18)11-3-2-4-15-6-11;;/h5,7,11,15H,2-4,6,8-9H2,1H3;2*1H/t11-;;/m0../s1. The first kappa shape index (κ1) is 17.2. The van der Waals surface area contributed by atoms with Gasteiger partial charge in [-0.05, 0) is 43.5 Å². The van der Waals surface area contributed by atoms with E-state index < -0.39 is 0 Å². The van der Waals surface area contributed by atoms with E-state index >= 15 is 0 Å². The molecule has 2 aliphatic heterocycles. The Bertz CT molecular complexity index is 475. The Balaban J connectivity index is 0.000001000. The van der Waals surface area contributed by atoms with Gasteiger partial charge in [0.1, 0.15) is 0 Å². The van der Waals surface area contributed by atoms with Gasteiger partial charge in [0.25, 0.3) is 0 Å². The third-order valence-corrected chi connectivity index (χ3v) is 3.90. The summed E-state index contributed by atoms with van der Waals surface area (Å²) in [5.74, 6) is 0.471. The number of nitrogens with zero attached hydrogens (tertiary/aromatic N) is 2. The Labute approximate surface area is 132 Å². The number of fused-ring (bicyclic) bond motifs is 1. The Morgan fingerprint density at radius 1 is 1.35 bits per heavy atom. The van der Waals surface area contributed by atoms with Gasteiger partial charge in [-0.25, -0.2) is 0 Å². The Kier molecular flexibility index (Phi) is 6.24. The molecule has 0 unspecified atom stereocenters. The van der Waals surface area contributed by atoms with Crippen molar-refractivity contribution < 1.29 is 4.79 Å². The lowest BCUT2D eigenvalue weighted by Crippen LogP contribution is -2.40. The second-order valence-corrected chi connectivity index (χ2v) is 5.33. The monoisotopic (exact) mass is 317 g/mol. The summed E-state index contributed by atoms with van der Waals surface area (Å²) < 4.78 is 0. The van der Waals surface area contributed by atoms with Crippen molar-refractivity contribution in [2.24, 2.45) is 5.92 Å². The molecule has 0 bridgehead atoms. The van der Waals surface area contributed by atoms with Crippen LogP contribution in [-0.2, 0) is 17.9 Å². The van der Waals surface area contributed by atoms with Crippen molar-refractivity contribution in [2.75, 3.05) is 13.1 Å². The molecule has 0 radical (unpaired) electrons. The van der Waals surface area contributed by atoms with Crippen LogP contribution in [0.2, 0.25) is 0 Å². The number of piperidine rings is 1. The average molecular weight is 318 g/mol. The van der Waals surface area contributed by atoms with E-state index in [1.807, 2.05) is 18.0 Å². The van der Waals surface area contributed by atoms with Crippen LogP contribution in [-0.4, -0.2) is 28.9 Å². The van der Waals surface area contributed by atoms with E-state index in [0.717, 1.165) is 44.7 Å². The van der Waals surface area contributed by atoms with E-state index in [1.54, 1.807) is 0 Å². The number of aryl methyl sites for hydroxylation is 1. The van der Waals surface area contributed by atoms with Gasteiger partial charge in [0, 0.05) is 31.5 Å². The molecule has 1 fully saturated rings. The van der Waals surface area contributed by atoms with Crippen LogP contribution in [0.4, 0.5) is 0 Å². The van der Waals surface area contributed by atoms with Gasteiger partial charge in [-0.2, -0.15) is 0 Å². The summed E-state index contributed by atoms with van der Waals surface area (Å²) in [7, 11) is 0. The van der Waals surface area contributed by atoms with Crippen molar-refractivity contribution in [1.82, 2.24) is 15.2 Å². The maximum Gasteiger partial charge on any atom is 0.227 e. The van der Waals surface area contributed by atoms with Gasteiger partial charge in [-0.1, -0.05) is 0 Å². The summed E-state index contributed by atoms with van der Waals surface area (Å²) in [6.45, 7) is 5.37. The number of carbonyl (C=O) groups is 1. The lowest BCUT2D eigenvalue weighted by molar-refractivity contribution is -0.136. The molecule has 2 aliphatic rings. The molecule has 1 aromatic heterocycles. The molecule has 6 heteroatoms. The molecule has 4 nitrogen and oxygen atoms in total. The normalized spacial score (nSPS) is 20.6. The molecule has 3 heterocycles. The number of pyridine rings is 1. The van der Waals surface area contributed by atoms with Crippen LogP contribution >= 0.6 is 24.8 Å². The van der Waals surface area contributed by atoms with Crippen LogP contribution < -0.4 is 5.32 Å². The van der Waals surface area contributed by atoms with E-state index in [4.69, 9.17) is 0 Å². The largest absolute Gasteiger partial charge is 0.334 e. The van der Waals surface area contributed by atoms with Gasteiger partial charge in [-0.15, -0.1) is 24.8 Å². The van der Waals surface area contributed by atoms with Gasteiger partial charge in [0.05, 0.1) is 5.92 Å².